The first-order chi connectivity index (χ1) is 11.5. The summed E-state index contributed by atoms with van der Waals surface area (Å²) in [7, 11) is 0. The Morgan fingerprint density at radius 2 is 1.83 bits per heavy atom. The van der Waals surface area contributed by atoms with Gasteiger partial charge >= 0.3 is 0 Å². The van der Waals surface area contributed by atoms with Gasteiger partial charge < -0.3 is 25.3 Å². The number of nitrogens with one attached hydrogen (secondary N) is 2. The number of carbonyl (C=O) groups is 1. The molecule has 0 saturated carbocycles. The lowest BCUT2D eigenvalue weighted by molar-refractivity contribution is -0.114. The molecule has 0 fully saturated rings. The van der Waals surface area contributed by atoms with Crippen LogP contribution < -0.4 is 16.1 Å². The quantitative estimate of drug-likeness (QED) is 0.511. The van der Waals surface area contributed by atoms with Gasteiger partial charge in [0, 0.05) is 11.6 Å². The molecule has 1 amide bonds. The molecule has 0 bridgehead atoms. The molecule has 0 spiro atoms. The molecule has 0 unspecified atom stereocenters. The highest BCUT2D eigenvalue weighted by Gasteiger charge is 2.17. The normalized spacial score (nSPS) is 13.2. The number of hydrogen-bond acceptors (Lipinski definition) is 6. The molecular formula is C17H12N2O5. The highest BCUT2D eigenvalue weighted by Crippen LogP contribution is 2.36. The number of phenolic OH excluding ortho intramolecular Hbond substituents is 2. The Morgan fingerprint density at radius 1 is 1.00 bits per heavy atom. The Balaban J connectivity index is 1.89. The van der Waals surface area contributed by atoms with Gasteiger partial charge in [0.05, 0.1) is 23.3 Å². The highest BCUT2D eigenvalue weighted by molar-refractivity contribution is 6.01. The van der Waals surface area contributed by atoms with Gasteiger partial charge in [-0.2, -0.15) is 0 Å². The summed E-state index contributed by atoms with van der Waals surface area (Å²) in [4.78, 5) is 23.6. The van der Waals surface area contributed by atoms with E-state index >= 15 is 0 Å². The summed E-state index contributed by atoms with van der Waals surface area (Å²) in [5.74, 6) is -0.727. The van der Waals surface area contributed by atoms with Gasteiger partial charge in [-0.05, 0) is 30.3 Å². The van der Waals surface area contributed by atoms with E-state index in [1.54, 1.807) is 18.2 Å². The molecule has 0 atom stereocenters. The summed E-state index contributed by atoms with van der Waals surface area (Å²) in [6, 6.07) is 9.07. The molecule has 120 valence electrons. The van der Waals surface area contributed by atoms with Crippen molar-refractivity contribution in [1.82, 2.24) is 0 Å². The lowest BCUT2D eigenvalue weighted by Crippen LogP contribution is -2.27. The maximum atomic E-state index is 12.2. The minimum Gasteiger partial charge on any atom is -0.504 e. The van der Waals surface area contributed by atoms with E-state index < -0.39 is 5.75 Å². The maximum absolute atomic E-state index is 12.2. The van der Waals surface area contributed by atoms with Gasteiger partial charge in [-0.15, -0.1) is 0 Å². The molecule has 1 aliphatic rings. The molecule has 3 aromatic rings. The molecule has 2 aromatic carbocycles. The van der Waals surface area contributed by atoms with Crippen molar-refractivity contribution in [3.63, 3.8) is 0 Å². The third-order valence-electron chi connectivity index (χ3n) is 3.87. The lowest BCUT2D eigenvalue weighted by Gasteiger charge is -2.19. The van der Waals surface area contributed by atoms with E-state index in [9.17, 15) is 19.8 Å². The molecule has 0 radical (unpaired) electrons. The van der Waals surface area contributed by atoms with Crippen LogP contribution in [0.2, 0.25) is 0 Å². The molecule has 1 aliphatic heterocycles. The molecule has 0 aliphatic carbocycles. The second kappa shape index (κ2) is 5.02. The largest absolute Gasteiger partial charge is 0.504 e. The third kappa shape index (κ3) is 2.14. The Hall–Kier alpha value is -3.48. The van der Waals surface area contributed by atoms with Crippen molar-refractivity contribution in [1.29, 1.82) is 0 Å². The molecular weight excluding hydrogens is 312 g/mol. The van der Waals surface area contributed by atoms with Crippen molar-refractivity contribution < 1.29 is 19.4 Å². The van der Waals surface area contributed by atoms with Crippen LogP contribution >= 0.6 is 0 Å². The van der Waals surface area contributed by atoms with E-state index in [1.165, 1.54) is 18.2 Å². The van der Waals surface area contributed by atoms with Gasteiger partial charge in [-0.1, -0.05) is 0 Å². The van der Waals surface area contributed by atoms with Crippen LogP contribution in [0.5, 0.6) is 11.5 Å². The fraction of sp³-hybridized carbons (Fsp3) is 0.0588. The van der Waals surface area contributed by atoms with Crippen LogP contribution in [0.3, 0.4) is 0 Å². The van der Waals surface area contributed by atoms with Gasteiger partial charge in [0.1, 0.15) is 5.76 Å². The van der Waals surface area contributed by atoms with Crippen LogP contribution in [0.25, 0.3) is 22.3 Å². The van der Waals surface area contributed by atoms with Crippen LogP contribution in [0.4, 0.5) is 11.4 Å². The SMILES string of the molecule is O=C1CNc2cc(-c3cc(=O)c4ccc(O)c(O)c4o3)ccc2N1. The predicted octanol–water partition coefficient (Wildman–Crippen LogP) is 2.24. The fourth-order valence-electron chi connectivity index (χ4n) is 2.66. The minimum absolute atomic E-state index is 0.0727. The molecule has 4 N–H and O–H groups in total. The number of rotatable bonds is 1. The van der Waals surface area contributed by atoms with Gasteiger partial charge in [-0.25, -0.2) is 0 Å². The summed E-state index contributed by atoms with van der Waals surface area (Å²) in [5.41, 5.74) is 1.53. The highest BCUT2D eigenvalue weighted by atomic mass is 16.4. The third-order valence-corrected chi connectivity index (χ3v) is 3.87. The second-order valence-electron chi connectivity index (χ2n) is 5.45. The molecule has 24 heavy (non-hydrogen) atoms. The van der Waals surface area contributed by atoms with Crippen molar-refractivity contribution in [2.45, 2.75) is 0 Å². The Morgan fingerprint density at radius 3 is 2.67 bits per heavy atom. The maximum Gasteiger partial charge on any atom is 0.243 e. The van der Waals surface area contributed by atoms with Crippen LogP contribution in [0.1, 0.15) is 0 Å². The van der Waals surface area contributed by atoms with Crippen molar-refractivity contribution >= 4 is 28.3 Å². The van der Waals surface area contributed by atoms with Gasteiger partial charge in [0.25, 0.3) is 0 Å². The number of anilines is 2. The van der Waals surface area contributed by atoms with Crippen LogP contribution in [0.15, 0.2) is 45.6 Å². The average Bonchev–Trinajstić information content (AvgIpc) is 2.58. The zero-order valence-corrected chi connectivity index (χ0v) is 12.3. The van der Waals surface area contributed by atoms with Gasteiger partial charge in [0.2, 0.25) is 11.7 Å². The number of fused-ring (bicyclic) bond motifs is 2. The monoisotopic (exact) mass is 324 g/mol. The van der Waals surface area contributed by atoms with E-state index in [4.69, 9.17) is 4.42 Å². The van der Waals surface area contributed by atoms with Gasteiger partial charge in [-0.3, -0.25) is 9.59 Å². The van der Waals surface area contributed by atoms with E-state index in [1.807, 2.05) is 0 Å². The standard InChI is InChI=1S/C17H12N2O5/c20-12-4-2-9-13(21)6-14(24-17(9)16(12)23)8-1-3-10-11(5-8)18-7-15(22)19-10/h1-6,18,20,23H,7H2,(H,19,22). The smallest absolute Gasteiger partial charge is 0.243 e. The van der Waals surface area contributed by atoms with Crippen molar-refractivity contribution in [2.75, 3.05) is 17.2 Å². The van der Waals surface area contributed by atoms with Crippen LogP contribution in [-0.2, 0) is 4.79 Å². The first-order valence-corrected chi connectivity index (χ1v) is 7.20. The van der Waals surface area contributed by atoms with Crippen LogP contribution in [0, 0.1) is 0 Å². The molecule has 2 heterocycles. The second-order valence-corrected chi connectivity index (χ2v) is 5.45. The summed E-state index contributed by atoms with van der Waals surface area (Å²) < 4.78 is 5.63. The van der Waals surface area contributed by atoms with E-state index in [0.717, 1.165) is 0 Å². The first-order valence-electron chi connectivity index (χ1n) is 7.20. The van der Waals surface area contributed by atoms with E-state index in [-0.39, 0.29) is 40.4 Å². The Bertz CT molecular complexity index is 1050. The summed E-state index contributed by atoms with van der Waals surface area (Å²) in [5, 5.41) is 25.4. The summed E-state index contributed by atoms with van der Waals surface area (Å²) >= 11 is 0. The minimum atomic E-state index is -0.477. The van der Waals surface area contributed by atoms with Crippen LogP contribution in [-0.4, -0.2) is 22.7 Å². The molecule has 0 saturated heterocycles. The number of benzene rings is 2. The zero-order valence-electron chi connectivity index (χ0n) is 12.3. The van der Waals surface area contributed by atoms with Crippen molar-refractivity contribution in [3.05, 3.63) is 46.6 Å². The molecule has 7 heteroatoms. The van der Waals surface area contributed by atoms with E-state index in [2.05, 4.69) is 10.6 Å². The lowest BCUT2D eigenvalue weighted by atomic mass is 10.1. The fourth-order valence-corrected chi connectivity index (χ4v) is 2.66. The molecule has 4 rings (SSSR count). The predicted molar refractivity (Wildman–Crippen MR) is 88.4 cm³/mol. The molecule has 7 nitrogen and oxygen atoms in total. The first kappa shape index (κ1) is 14.1. The number of hydrogen-bond donors (Lipinski definition) is 4. The number of amides is 1. The number of carbonyl (C=O) groups excluding carboxylic acids is 1. The van der Waals surface area contributed by atoms with E-state index in [0.29, 0.717) is 16.9 Å². The van der Waals surface area contributed by atoms with Crippen molar-refractivity contribution in [3.8, 4) is 22.8 Å². The Labute approximate surface area is 135 Å². The number of phenols is 2. The van der Waals surface area contributed by atoms with Gasteiger partial charge in [0.15, 0.2) is 16.8 Å². The summed E-state index contributed by atoms with van der Waals surface area (Å²) in [6.45, 7) is 0.160. The summed E-state index contributed by atoms with van der Waals surface area (Å²) in [6.07, 6.45) is 0. The topological polar surface area (TPSA) is 112 Å². The van der Waals surface area contributed by atoms with Crippen molar-refractivity contribution in [2.24, 2.45) is 0 Å². The average molecular weight is 324 g/mol. The number of aromatic hydroxyl groups is 2. The Kier molecular flexibility index (Phi) is 2.96. The zero-order chi connectivity index (χ0) is 16.8. The molecule has 1 aromatic heterocycles.